The van der Waals surface area contributed by atoms with Crippen molar-refractivity contribution in [2.75, 3.05) is 4.90 Å². The van der Waals surface area contributed by atoms with Gasteiger partial charge in [0.2, 0.25) is 0 Å². The third-order valence-corrected chi connectivity index (χ3v) is 12.9. The van der Waals surface area contributed by atoms with Crippen LogP contribution < -0.4 is 4.90 Å². The average Bonchev–Trinajstić information content (AvgIpc) is 3.96. The summed E-state index contributed by atoms with van der Waals surface area (Å²) >= 11 is 0. The van der Waals surface area contributed by atoms with Gasteiger partial charge in [-0.1, -0.05) is 176 Å². The smallest absolute Gasteiger partial charge is 0.143 e. The number of benzene rings is 11. The van der Waals surface area contributed by atoms with Gasteiger partial charge in [0.1, 0.15) is 11.2 Å². The zero-order valence-corrected chi connectivity index (χ0v) is 35.1. The predicted octanol–water partition coefficient (Wildman–Crippen LogP) is 17.5. The molecule has 304 valence electrons. The minimum absolute atomic E-state index is 0.131. The molecule has 0 bridgehead atoms. The molecule has 3 heteroatoms. The van der Waals surface area contributed by atoms with E-state index in [4.69, 9.17) is 4.42 Å². The summed E-state index contributed by atoms with van der Waals surface area (Å²) in [5, 5.41) is 8.41. The van der Waals surface area contributed by atoms with Crippen LogP contribution in [0.25, 0.3) is 104 Å². The Morgan fingerprint density at radius 3 is 1.71 bits per heavy atom. The van der Waals surface area contributed by atoms with Crippen molar-refractivity contribution in [3.8, 4) is 39.1 Å². The Hall–Kier alpha value is -8.66. The first-order chi connectivity index (χ1) is 33.9. The van der Waals surface area contributed by atoms with Crippen molar-refractivity contribution in [1.82, 2.24) is 4.57 Å². The number of hydrogen-bond donors (Lipinski definition) is 0. The first-order valence-corrected chi connectivity index (χ1v) is 21.9. The van der Waals surface area contributed by atoms with E-state index >= 15 is 0 Å². The van der Waals surface area contributed by atoms with E-state index in [1.807, 2.05) is 95.9 Å². The average molecular weight is 833 g/mol. The largest absolute Gasteiger partial charge is 0.455 e. The molecule has 0 amide bonds. The quantitative estimate of drug-likeness (QED) is 0.160. The Labute approximate surface area is 381 Å². The zero-order valence-electron chi connectivity index (χ0n) is 39.1. The van der Waals surface area contributed by atoms with Crippen LogP contribution >= 0.6 is 0 Å². The Kier molecular flexibility index (Phi) is 7.61. The lowest BCUT2D eigenvalue weighted by molar-refractivity contribution is 0.672. The van der Waals surface area contributed by atoms with Crippen LogP contribution in [0.3, 0.4) is 0 Å². The summed E-state index contributed by atoms with van der Waals surface area (Å²) < 4.78 is 48.0. The maximum atomic E-state index is 9.86. The molecule has 13 aromatic rings. The van der Waals surface area contributed by atoms with Crippen LogP contribution in [0.5, 0.6) is 0 Å². The van der Waals surface area contributed by atoms with Crippen molar-refractivity contribution in [3.05, 3.63) is 243 Å². The summed E-state index contributed by atoms with van der Waals surface area (Å²) in [7, 11) is 0. The number of hydrogen-bond acceptors (Lipinski definition) is 2. The summed E-state index contributed by atoms with van der Waals surface area (Å²) in [6.07, 6.45) is 0. The van der Waals surface area contributed by atoms with Gasteiger partial charge in [-0.3, -0.25) is 0 Å². The van der Waals surface area contributed by atoms with E-state index in [1.54, 1.807) is 0 Å². The molecule has 2 aromatic heterocycles. The summed E-state index contributed by atoms with van der Waals surface area (Å²) in [6, 6.07) is 73.5. The molecule has 0 atom stereocenters. The molecule has 0 saturated carbocycles. The highest BCUT2D eigenvalue weighted by atomic mass is 16.3. The van der Waals surface area contributed by atoms with Crippen molar-refractivity contribution < 1.29 is 9.90 Å². The highest BCUT2D eigenvalue weighted by Gasteiger charge is 2.21. The van der Waals surface area contributed by atoms with Crippen LogP contribution in [-0.4, -0.2) is 4.57 Å². The summed E-state index contributed by atoms with van der Waals surface area (Å²) in [5.41, 5.74) is 11.0. The van der Waals surface area contributed by atoms with Gasteiger partial charge < -0.3 is 13.9 Å². The maximum absolute atomic E-state index is 9.86. The third-order valence-electron chi connectivity index (χ3n) is 12.9. The molecule has 2 heterocycles. The topological polar surface area (TPSA) is 21.3 Å². The number of para-hydroxylation sites is 2. The van der Waals surface area contributed by atoms with Crippen molar-refractivity contribution in [2.45, 2.75) is 0 Å². The van der Waals surface area contributed by atoms with Crippen molar-refractivity contribution in [2.24, 2.45) is 0 Å². The molecule has 0 aliphatic rings. The van der Waals surface area contributed by atoms with E-state index in [0.717, 1.165) is 71.3 Å². The van der Waals surface area contributed by atoms with E-state index in [-0.39, 0.29) is 35.4 Å². The molecule has 0 aliphatic carbocycles. The van der Waals surface area contributed by atoms with Crippen LogP contribution in [0.2, 0.25) is 0 Å². The number of rotatable bonds is 7. The molecular formula is C62H40N2O. The standard InChI is InChI=1S/C62H40N2O/c1-3-17-51-44(12-1)14-10-21-52(51)46-28-26-41(27-29-46)42-30-35-48(36-31-42)63(59-24-11-25-60-61(59)56-39-34-45-13-2-4-18-53(45)62(56)65-60)49-37-32-43(33-38-49)47-15-9-16-50(40-47)64-57-22-7-5-19-54(57)55-20-6-8-23-58(55)64/h1-40H/i32D,33D,37D,38D. The molecule has 0 fully saturated rings. The lowest BCUT2D eigenvalue weighted by Gasteiger charge is -2.26. The predicted molar refractivity (Wildman–Crippen MR) is 274 cm³/mol. The Morgan fingerprint density at radius 2 is 0.969 bits per heavy atom. The number of anilines is 3. The van der Waals surface area contributed by atoms with E-state index in [9.17, 15) is 5.48 Å². The van der Waals surface area contributed by atoms with Crippen molar-refractivity contribution >= 4 is 82.4 Å². The summed E-state index contributed by atoms with van der Waals surface area (Å²) in [6.45, 7) is 0. The molecule has 65 heavy (non-hydrogen) atoms. The fraction of sp³-hybridized carbons (Fsp3) is 0. The monoisotopic (exact) mass is 832 g/mol. The zero-order chi connectivity index (χ0) is 46.3. The van der Waals surface area contributed by atoms with Gasteiger partial charge >= 0.3 is 0 Å². The molecule has 11 aromatic carbocycles. The highest BCUT2D eigenvalue weighted by molar-refractivity contribution is 6.19. The number of nitrogens with zero attached hydrogens (tertiary/aromatic N) is 2. The molecule has 0 N–H and O–H groups in total. The number of furan rings is 1. The second-order valence-electron chi connectivity index (χ2n) is 16.5. The molecule has 13 rings (SSSR count). The minimum Gasteiger partial charge on any atom is -0.455 e. The molecule has 0 saturated heterocycles. The van der Waals surface area contributed by atoms with Gasteiger partial charge in [0, 0.05) is 38.6 Å². The fourth-order valence-corrected chi connectivity index (χ4v) is 9.80. The lowest BCUT2D eigenvalue weighted by Crippen LogP contribution is -2.10. The minimum atomic E-state index is -0.156. The SMILES string of the molecule is [2H]c1c([2H])c(N(c2ccc(-c3ccc(-c4cccc5ccccc45)cc3)cc2)c2cccc3oc4c5ccccc5ccc4c23)c([2H])c([2H])c1-c1cccc(-n2c3ccccc3c3ccccc32)c1. The van der Waals surface area contributed by atoms with Crippen molar-refractivity contribution in [3.63, 3.8) is 0 Å². The van der Waals surface area contributed by atoms with E-state index in [2.05, 4.69) is 132 Å². The van der Waals surface area contributed by atoms with Gasteiger partial charge in [-0.2, -0.15) is 0 Å². The Bertz CT molecular complexity index is 4100. The van der Waals surface area contributed by atoms with Gasteiger partial charge in [0.25, 0.3) is 0 Å². The summed E-state index contributed by atoms with van der Waals surface area (Å²) in [5.74, 6) is 0. The Balaban J connectivity index is 0.967. The molecular weight excluding hydrogens is 789 g/mol. The summed E-state index contributed by atoms with van der Waals surface area (Å²) in [4.78, 5) is 1.87. The highest BCUT2D eigenvalue weighted by Crippen LogP contribution is 2.45. The second-order valence-corrected chi connectivity index (χ2v) is 16.5. The van der Waals surface area contributed by atoms with Gasteiger partial charge in [-0.15, -0.1) is 0 Å². The van der Waals surface area contributed by atoms with Gasteiger partial charge in [0.15, 0.2) is 0 Å². The number of aromatic nitrogens is 1. The van der Waals surface area contributed by atoms with Crippen LogP contribution in [0.1, 0.15) is 5.48 Å². The van der Waals surface area contributed by atoms with Crippen LogP contribution in [0, 0.1) is 0 Å². The van der Waals surface area contributed by atoms with Gasteiger partial charge in [-0.25, -0.2) is 0 Å². The van der Waals surface area contributed by atoms with E-state index in [0.29, 0.717) is 22.5 Å². The van der Waals surface area contributed by atoms with E-state index < -0.39 is 0 Å². The lowest BCUT2D eigenvalue weighted by atomic mass is 9.96. The van der Waals surface area contributed by atoms with Gasteiger partial charge in [0.05, 0.1) is 27.6 Å². The first-order valence-electron chi connectivity index (χ1n) is 23.9. The van der Waals surface area contributed by atoms with E-state index in [1.165, 1.54) is 16.3 Å². The molecule has 0 spiro atoms. The van der Waals surface area contributed by atoms with Gasteiger partial charge in [-0.05, 0) is 116 Å². The number of fused-ring (bicyclic) bond motifs is 9. The molecule has 3 nitrogen and oxygen atoms in total. The Morgan fingerprint density at radius 1 is 0.385 bits per heavy atom. The fourth-order valence-electron chi connectivity index (χ4n) is 9.80. The molecule has 0 aliphatic heterocycles. The second kappa shape index (κ2) is 15.0. The third kappa shape index (κ3) is 6.12. The normalized spacial score (nSPS) is 12.6. The molecule has 0 radical (unpaired) electrons. The van der Waals surface area contributed by atoms with Crippen LogP contribution in [0.4, 0.5) is 17.1 Å². The maximum Gasteiger partial charge on any atom is 0.143 e. The molecule has 0 unspecified atom stereocenters. The van der Waals surface area contributed by atoms with Crippen molar-refractivity contribution in [1.29, 1.82) is 0 Å². The van der Waals surface area contributed by atoms with Crippen LogP contribution in [0.15, 0.2) is 247 Å². The van der Waals surface area contributed by atoms with Crippen LogP contribution in [-0.2, 0) is 0 Å². The first kappa shape index (κ1) is 33.0.